The Morgan fingerprint density at radius 1 is 0.609 bits per heavy atom. The number of alkyl carbamates (subject to hydrolysis) is 2. The number of hydrogen-bond acceptors (Lipinski definition) is 9. The Morgan fingerprint density at radius 2 is 0.969 bits per heavy atom. The van der Waals surface area contributed by atoms with Crippen LogP contribution in [0.15, 0.2) is 72.8 Å². The highest BCUT2D eigenvalue weighted by Gasteiger charge is 2.46. The van der Waals surface area contributed by atoms with Crippen molar-refractivity contribution in [2.75, 3.05) is 29.8 Å². The molecule has 0 aromatic heterocycles. The molecule has 0 saturated carbocycles. The molecule has 5 rings (SSSR count). The monoisotopic (exact) mass is 885 g/mol. The summed E-state index contributed by atoms with van der Waals surface area (Å²) >= 11 is 0. The molecular formula is C48H64FN7O8. The molecule has 16 heteroatoms. The Balaban J connectivity index is 1.25. The molecule has 346 valence electrons. The number of hydrogen-bond donors (Lipinski definition) is 4. The number of anilines is 3. The van der Waals surface area contributed by atoms with E-state index in [0.29, 0.717) is 50.1 Å². The Hall–Kier alpha value is -6.19. The topological polar surface area (TPSA) is 179 Å². The van der Waals surface area contributed by atoms with E-state index in [2.05, 4.69) is 26.2 Å². The van der Waals surface area contributed by atoms with Crippen LogP contribution in [-0.2, 0) is 41.7 Å². The van der Waals surface area contributed by atoms with E-state index < -0.39 is 47.2 Å². The summed E-state index contributed by atoms with van der Waals surface area (Å²) in [7, 11) is 2.47. The van der Waals surface area contributed by atoms with Crippen molar-refractivity contribution in [1.29, 1.82) is 0 Å². The van der Waals surface area contributed by atoms with Crippen molar-refractivity contribution in [1.82, 2.24) is 20.4 Å². The van der Waals surface area contributed by atoms with E-state index in [4.69, 9.17) is 9.47 Å². The Bertz CT molecular complexity index is 2010. The fourth-order valence-electron chi connectivity index (χ4n) is 8.34. The molecule has 2 aliphatic heterocycles. The van der Waals surface area contributed by atoms with Crippen LogP contribution in [0.1, 0.15) is 92.2 Å². The average Bonchev–Trinajstić information content (AvgIpc) is 3.83. The van der Waals surface area contributed by atoms with E-state index in [0.717, 1.165) is 16.8 Å². The lowest BCUT2D eigenvalue weighted by atomic mass is 9.85. The van der Waals surface area contributed by atoms with Gasteiger partial charge in [0.05, 0.1) is 14.2 Å². The first-order valence-electron chi connectivity index (χ1n) is 21.7. The molecule has 2 fully saturated rings. The Labute approximate surface area is 375 Å². The molecule has 2 heterocycles. The van der Waals surface area contributed by atoms with Crippen LogP contribution < -0.4 is 26.2 Å². The van der Waals surface area contributed by atoms with Crippen molar-refractivity contribution in [3.05, 3.63) is 89.7 Å². The fraction of sp³-hybridized carbons (Fsp3) is 0.500. The van der Waals surface area contributed by atoms with Gasteiger partial charge in [-0.25, -0.2) is 14.0 Å². The van der Waals surface area contributed by atoms with Crippen LogP contribution in [0.4, 0.5) is 31.0 Å². The van der Waals surface area contributed by atoms with E-state index in [1.54, 1.807) is 46.2 Å². The molecule has 2 unspecified atom stereocenters. The lowest BCUT2D eigenvalue weighted by Crippen LogP contribution is -2.58. The summed E-state index contributed by atoms with van der Waals surface area (Å²) in [4.78, 5) is 84.6. The first-order chi connectivity index (χ1) is 30.1. The van der Waals surface area contributed by atoms with Crippen LogP contribution in [-0.4, -0.2) is 96.1 Å². The molecule has 0 aliphatic carbocycles. The second-order valence-corrected chi connectivity index (χ2v) is 19.0. The van der Waals surface area contributed by atoms with Crippen LogP contribution in [0.3, 0.4) is 0 Å². The van der Waals surface area contributed by atoms with Gasteiger partial charge in [0.1, 0.15) is 30.0 Å². The smallest absolute Gasteiger partial charge is 0.407 e. The molecule has 6 atom stereocenters. The highest BCUT2D eigenvalue weighted by atomic mass is 19.1. The zero-order valence-corrected chi connectivity index (χ0v) is 38.6. The Morgan fingerprint density at radius 3 is 1.30 bits per heavy atom. The molecule has 3 aromatic rings. The summed E-state index contributed by atoms with van der Waals surface area (Å²) in [6.45, 7) is 15.7. The van der Waals surface area contributed by atoms with E-state index in [9.17, 15) is 33.2 Å². The van der Waals surface area contributed by atoms with Crippen molar-refractivity contribution in [3.8, 4) is 0 Å². The van der Waals surface area contributed by atoms with Crippen LogP contribution in [0.25, 0.3) is 0 Å². The minimum Gasteiger partial charge on any atom is -0.453 e. The van der Waals surface area contributed by atoms with Gasteiger partial charge in [0.25, 0.3) is 0 Å². The van der Waals surface area contributed by atoms with Gasteiger partial charge in [0.15, 0.2) is 0 Å². The number of halogens is 1. The predicted octanol–water partition coefficient (Wildman–Crippen LogP) is 7.21. The second-order valence-electron chi connectivity index (χ2n) is 19.0. The van der Waals surface area contributed by atoms with Gasteiger partial charge in [-0.05, 0) is 110 Å². The van der Waals surface area contributed by atoms with Crippen molar-refractivity contribution >= 4 is 52.9 Å². The summed E-state index contributed by atoms with van der Waals surface area (Å²) in [5.41, 5.74) is 2.44. The molecule has 0 radical (unpaired) electrons. The number of carbonyl (C=O) groups excluding carboxylic acids is 6. The summed E-state index contributed by atoms with van der Waals surface area (Å²) in [6, 6.07) is 17.3. The van der Waals surface area contributed by atoms with Crippen LogP contribution in [0.2, 0.25) is 0 Å². The minimum atomic E-state index is -0.902. The molecule has 2 saturated heterocycles. The maximum absolute atomic E-state index is 14.0. The van der Waals surface area contributed by atoms with Gasteiger partial charge in [-0.2, -0.15) is 0 Å². The molecule has 6 amide bonds. The van der Waals surface area contributed by atoms with Gasteiger partial charge < -0.3 is 45.4 Å². The SMILES string of the molecule is COC(=O)N[C@H](C(=O)N1C(C)CC[C@H]1C(=O)Nc1ccc(CN(Cc2ccc(NC(=O)[C@@H]3CCC(C)N3C(=O)[C@H](NC(=O)OC)C(C)(C)C)cc2)c2ccc(F)cc2)cc1)C(C)(C)C. The predicted molar refractivity (Wildman–Crippen MR) is 243 cm³/mol. The quantitative estimate of drug-likeness (QED) is 0.138. The summed E-state index contributed by atoms with van der Waals surface area (Å²) in [5.74, 6) is -1.71. The zero-order chi connectivity index (χ0) is 47.1. The van der Waals surface area contributed by atoms with Crippen molar-refractivity contribution in [2.45, 2.75) is 130 Å². The molecule has 64 heavy (non-hydrogen) atoms. The van der Waals surface area contributed by atoms with Gasteiger partial charge in [-0.15, -0.1) is 0 Å². The third-order valence-electron chi connectivity index (χ3n) is 12.0. The van der Waals surface area contributed by atoms with E-state index in [1.165, 1.54) is 26.4 Å². The third-order valence-corrected chi connectivity index (χ3v) is 12.0. The lowest BCUT2D eigenvalue weighted by molar-refractivity contribution is -0.142. The third kappa shape index (κ3) is 12.1. The number of rotatable bonds is 13. The maximum atomic E-state index is 14.0. The number of likely N-dealkylation sites (tertiary alicyclic amines) is 2. The second kappa shape index (κ2) is 20.5. The maximum Gasteiger partial charge on any atom is 0.407 e. The molecule has 2 aliphatic rings. The summed E-state index contributed by atoms with van der Waals surface area (Å²) in [6.07, 6.45) is 0.764. The fourth-order valence-corrected chi connectivity index (χ4v) is 8.34. The number of methoxy groups -OCH3 is 2. The van der Waals surface area contributed by atoms with Crippen molar-refractivity contribution < 1.29 is 42.6 Å². The normalized spacial score (nSPS) is 19.5. The minimum absolute atomic E-state index is 0.211. The Kier molecular flexibility index (Phi) is 15.7. The van der Waals surface area contributed by atoms with E-state index >= 15 is 0 Å². The summed E-state index contributed by atoms with van der Waals surface area (Å²) in [5, 5.41) is 11.3. The van der Waals surface area contributed by atoms with Gasteiger partial charge in [-0.3, -0.25) is 19.2 Å². The lowest BCUT2D eigenvalue weighted by Gasteiger charge is -2.36. The standard InChI is InChI=1S/C48H64FN7O8/c1-29-11-25-37(55(29)43(59)39(47(3,4)5)52-45(61)63-9)41(57)50-34-19-13-31(14-20-34)27-54(36-23-17-33(49)18-24-36)28-32-15-21-35(22-16-32)51-42(58)38-26-12-30(2)56(38)44(60)40(48(6,7)8)53-46(62)64-10/h13-24,29-30,37-40H,11-12,25-28H2,1-10H3,(H,50,57)(H,51,58)(H,52,61)(H,53,62)/t29?,30?,37-,38-,39-,40+/m0/s1. The highest BCUT2D eigenvalue weighted by Crippen LogP contribution is 2.32. The molecule has 0 bridgehead atoms. The van der Waals surface area contributed by atoms with Gasteiger partial charge in [0, 0.05) is 42.2 Å². The largest absolute Gasteiger partial charge is 0.453 e. The number of nitrogens with zero attached hydrogens (tertiary/aromatic N) is 3. The van der Waals surface area contributed by atoms with Crippen molar-refractivity contribution in [2.24, 2.45) is 10.8 Å². The van der Waals surface area contributed by atoms with Crippen molar-refractivity contribution in [3.63, 3.8) is 0 Å². The highest BCUT2D eigenvalue weighted by molar-refractivity contribution is 6.00. The van der Waals surface area contributed by atoms with Gasteiger partial charge >= 0.3 is 12.2 Å². The number of carbonyl (C=O) groups is 6. The van der Waals surface area contributed by atoms with Crippen LogP contribution in [0.5, 0.6) is 0 Å². The number of ether oxygens (including phenoxy) is 2. The number of amides is 6. The number of benzene rings is 3. The van der Waals surface area contributed by atoms with Crippen LogP contribution >= 0.6 is 0 Å². The molecule has 0 spiro atoms. The average molecular weight is 886 g/mol. The zero-order valence-electron chi connectivity index (χ0n) is 38.6. The molecular weight excluding hydrogens is 822 g/mol. The van der Waals surface area contributed by atoms with E-state index in [-0.39, 0.29) is 41.5 Å². The first-order valence-corrected chi connectivity index (χ1v) is 21.7. The van der Waals surface area contributed by atoms with Gasteiger partial charge in [0.2, 0.25) is 23.6 Å². The number of nitrogens with one attached hydrogen (secondary N) is 4. The molecule has 3 aromatic carbocycles. The van der Waals surface area contributed by atoms with E-state index in [1.807, 2.05) is 79.7 Å². The summed E-state index contributed by atoms with van der Waals surface area (Å²) < 4.78 is 23.6. The molecule has 4 N–H and O–H groups in total. The molecule has 15 nitrogen and oxygen atoms in total. The van der Waals surface area contributed by atoms with Gasteiger partial charge in [-0.1, -0.05) is 65.8 Å². The first kappa shape index (κ1) is 48.8. The van der Waals surface area contributed by atoms with Crippen LogP contribution in [0, 0.1) is 16.6 Å².